The van der Waals surface area contributed by atoms with Crippen LogP contribution in [0.15, 0.2) is 12.1 Å². The Morgan fingerprint density at radius 2 is 2.18 bits per heavy atom. The normalized spacial score (nSPS) is 17.2. The van der Waals surface area contributed by atoms with E-state index in [4.69, 9.17) is 4.74 Å². The topological polar surface area (TPSA) is 87.7 Å². The summed E-state index contributed by atoms with van der Waals surface area (Å²) in [7, 11) is 3.78. The summed E-state index contributed by atoms with van der Waals surface area (Å²) in [6.07, 6.45) is 0.643. The third-order valence-corrected chi connectivity index (χ3v) is 3.36. The summed E-state index contributed by atoms with van der Waals surface area (Å²) >= 11 is 0. The molecule has 1 aromatic heterocycles. The van der Waals surface area contributed by atoms with Crippen molar-refractivity contribution < 1.29 is 14.3 Å². The molecule has 1 aliphatic heterocycles. The molecule has 22 heavy (non-hydrogen) atoms. The van der Waals surface area contributed by atoms with Gasteiger partial charge in [-0.05, 0) is 6.07 Å². The predicted molar refractivity (Wildman–Crippen MR) is 80.7 cm³/mol. The summed E-state index contributed by atoms with van der Waals surface area (Å²) < 4.78 is 5.74. The van der Waals surface area contributed by atoms with Gasteiger partial charge in [0.15, 0.2) is 5.82 Å². The van der Waals surface area contributed by atoms with Crippen molar-refractivity contribution in [1.82, 2.24) is 20.4 Å². The molecule has 0 radical (unpaired) electrons. The second kappa shape index (κ2) is 7.06. The fourth-order valence-corrected chi connectivity index (χ4v) is 2.15. The third-order valence-electron chi connectivity index (χ3n) is 3.36. The molecule has 2 heterocycles. The minimum absolute atomic E-state index is 0.0272. The first-order valence-corrected chi connectivity index (χ1v) is 7.15. The summed E-state index contributed by atoms with van der Waals surface area (Å²) in [6, 6.07) is 3.60. The van der Waals surface area contributed by atoms with Crippen molar-refractivity contribution in [2.24, 2.45) is 0 Å². The van der Waals surface area contributed by atoms with Crippen LogP contribution in [0, 0.1) is 0 Å². The third kappa shape index (κ3) is 4.31. The maximum atomic E-state index is 11.9. The molecule has 0 bridgehead atoms. The lowest BCUT2D eigenvalue weighted by atomic mass is 10.3. The van der Waals surface area contributed by atoms with Gasteiger partial charge in [0.25, 0.3) is 0 Å². The minimum atomic E-state index is -0.211. The summed E-state index contributed by atoms with van der Waals surface area (Å²) in [6.45, 7) is 2.53. The Kier molecular flexibility index (Phi) is 5.13. The Labute approximate surface area is 129 Å². The number of aromatic nitrogens is 2. The highest BCUT2D eigenvalue weighted by Crippen LogP contribution is 2.17. The van der Waals surface area contributed by atoms with Gasteiger partial charge >= 0.3 is 0 Å². The fourth-order valence-electron chi connectivity index (χ4n) is 2.15. The Balaban J connectivity index is 1.83. The van der Waals surface area contributed by atoms with E-state index in [2.05, 4.69) is 15.5 Å². The molecule has 1 aliphatic rings. The van der Waals surface area contributed by atoms with Gasteiger partial charge in [-0.3, -0.25) is 9.59 Å². The number of carbonyl (C=O) groups is 2. The molecule has 0 aromatic carbocycles. The molecule has 120 valence electrons. The maximum absolute atomic E-state index is 11.9. The summed E-state index contributed by atoms with van der Waals surface area (Å²) in [5.41, 5.74) is 0. The van der Waals surface area contributed by atoms with E-state index in [1.54, 1.807) is 11.0 Å². The lowest BCUT2D eigenvalue weighted by Crippen LogP contribution is -2.39. The van der Waals surface area contributed by atoms with E-state index in [-0.39, 0.29) is 24.5 Å². The SMILES string of the molecule is CC(=O)NCC(=O)N1CC[C@H](Oc2ccc(N(C)C)nn2)C1. The number of likely N-dealkylation sites (tertiary alicyclic amines) is 1. The van der Waals surface area contributed by atoms with Crippen LogP contribution in [0.3, 0.4) is 0 Å². The number of hydrogen-bond donors (Lipinski definition) is 1. The number of nitrogens with one attached hydrogen (secondary N) is 1. The number of rotatable bonds is 5. The van der Waals surface area contributed by atoms with Gasteiger partial charge in [-0.15, -0.1) is 10.2 Å². The lowest BCUT2D eigenvalue weighted by Gasteiger charge is -2.17. The molecule has 2 amide bonds. The average Bonchev–Trinajstić information content (AvgIpc) is 2.94. The molecule has 0 aliphatic carbocycles. The van der Waals surface area contributed by atoms with Crippen LogP contribution in [0.1, 0.15) is 13.3 Å². The molecule has 1 aromatic rings. The maximum Gasteiger partial charge on any atom is 0.242 e. The Bertz CT molecular complexity index is 532. The molecular formula is C14H21N5O3. The molecule has 1 saturated heterocycles. The molecular weight excluding hydrogens is 286 g/mol. The molecule has 1 fully saturated rings. The van der Waals surface area contributed by atoms with Crippen LogP contribution in [0.2, 0.25) is 0 Å². The Hall–Kier alpha value is -2.38. The monoisotopic (exact) mass is 307 g/mol. The predicted octanol–water partition coefficient (Wildman–Crippen LogP) is -0.342. The molecule has 0 spiro atoms. The van der Waals surface area contributed by atoms with Crippen LogP contribution >= 0.6 is 0 Å². The van der Waals surface area contributed by atoms with E-state index in [9.17, 15) is 9.59 Å². The van der Waals surface area contributed by atoms with Crippen molar-refractivity contribution in [3.05, 3.63) is 12.1 Å². The van der Waals surface area contributed by atoms with Crippen LogP contribution in [-0.4, -0.2) is 66.7 Å². The van der Waals surface area contributed by atoms with E-state index in [1.807, 2.05) is 25.1 Å². The largest absolute Gasteiger partial charge is 0.471 e. The summed E-state index contributed by atoms with van der Waals surface area (Å²) in [4.78, 5) is 26.2. The first-order valence-electron chi connectivity index (χ1n) is 7.15. The average molecular weight is 307 g/mol. The van der Waals surface area contributed by atoms with E-state index in [0.717, 1.165) is 12.2 Å². The second-order valence-corrected chi connectivity index (χ2v) is 5.40. The minimum Gasteiger partial charge on any atom is -0.471 e. The van der Waals surface area contributed by atoms with E-state index in [1.165, 1.54) is 6.92 Å². The van der Waals surface area contributed by atoms with Crippen LogP contribution in [0.4, 0.5) is 5.82 Å². The number of anilines is 1. The van der Waals surface area contributed by atoms with Gasteiger partial charge in [-0.25, -0.2) is 0 Å². The van der Waals surface area contributed by atoms with Crippen molar-refractivity contribution in [2.75, 3.05) is 38.6 Å². The van der Waals surface area contributed by atoms with Crippen molar-refractivity contribution in [3.8, 4) is 5.88 Å². The van der Waals surface area contributed by atoms with Gasteiger partial charge in [0.2, 0.25) is 17.7 Å². The number of ether oxygens (including phenoxy) is 1. The molecule has 0 saturated carbocycles. The van der Waals surface area contributed by atoms with Gasteiger partial charge in [0.05, 0.1) is 13.1 Å². The standard InChI is InChI=1S/C14H21N5O3/c1-10(20)15-8-14(21)19-7-6-11(9-19)22-13-5-4-12(16-17-13)18(2)3/h4-5,11H,6-9H2,1-3H3,(H,15,20)/t11-/m0/s1. The quantitative estimate of drug-likeness (QED) is 0.800. The van der Waals surface area contributed by atoms with Crippen LogP contribution in [0.5, 0.6) is 5.88 Å². The van der Waals surface area contributed by atoms with E-state index < -0.39 is 0 Å². The summed E-state index contributed by atoms with van der Waals surface area (Å²) in [5.74, 6) is 0.893. The van der Waals surface area contributed by atoms with E-state index in [0.29, 0.717) is 19.0 Å². The van der Waals surface area contributed by atoms with Gasteiger partial charge in [0, 0.05) is 40.1 Å². The van der Waals surface area contributed by atoms with Gasteiger partial charge in [-0.1, -0.05) is 0 Å². The van der Waals surface area contributed by atoms with Crippen molar-refractivity contribution in [3.63, 3.8) is 0 Å². The molecule has 1 atom stereocenters. The van der Waals surface area contributed by atoms with Crippen LogP contribution in [0.25, 0.3) is 0 Å². The van der Waals surface area contributed by atoms with Gasteiger partial charge < -0.3 is 19.9 Å². The van der Waals surface area contributed by atoms with Gasteiger partial charge in [-0.2, -0.15) is 0 Å². The molecule has 1 N–H and O–H groups in total. The van der Waals surface area contributed by atoms with Crippen molar-refractivity contribution in [1.29, 1.82) is 0 Å². The first-order chi connectivity index (χ1) is 10.5. The number of hydrogen-bond acceptors (Lipinski definition) is 6. The molecule has 0 unspecified atom stereocenters. The highest BCUT2D eigenvalue weighted by molar-refractivity contribution is 5.83. The molecule has 8 heteroatoms. The van der Waals surface area contributed by atoms with Gasteiger partial charge in [0.1, 0.15) is 6.10 Å². The molecule has 8 nitrogen and oxygen atoms in total. The fraction of sp³-hybridized carbons (Fsp3) is 0.571. The smallest absolute Gasteiger partial charge is 0.242 e. The lowest BCUT2D eigenvalue weighted by molar-refractivity contribution is -0.131. The van der Waals surface area contributed by atoms with Crippen LogP contribution in [-0.2, 0) is 9.59 Å². The number of amides is 2. The zero-order valence-electron chi connectivity index (χ0n) is 13.1. The number of nitrogens with zero attached hydrogens (tertiary/aromatic N) is 4. The summed E-state index contributed by atoms with van der Waals surface area (Å²) in [5, 5.41) is 10.6. The van der Waals surface area contributed by atoms with Crippen molar-refractivity contribution >= 4 is 17.6 Å². The van der Waals surface area contributed by atoms with Crippen LogP contribution < -0.4 is 15.0 Å². The Morgan fingerprint density at radius 1 is 1.41 bits per heavy atom. The highest BCUT2D eigenvalue weighted by atomic mass is 16.5. The molecule has 2 rings (SSSR count). The zero-order valence-corrected chi connectivity index (χ0v) is 13.1. The Morgan fingerprint density at radius 3 is 2.77 bits per heavy atom. The zero-order chi connectivity index (χ0) is 16.1. The highest BCUT2D eigenvalue weighted by Gasteiger charge is 2.27. The first kappa shape index (κ1) is 16.0. The van der Waals surface area contributed by atoms with Crippen molar-refractivity contribution in [2.45, 2.75) is 19.4 Å². The van der Waals surface area contributed by atoms with E-state index >= 15 is 0 Å². The second-order valence-electron chi connectivity index (χ2n) is 5.40. The number of carbonyl (C=O) groups excluding carboxylic acids is 2.